The van der Waals surface area contributed by atoms with Gasteiger partial charge in [-0.15, -0.1) is 0 Å². The second-order valence-corrected chi connectivity index (χ2v) is 9.16. The Labute approximate surface area is 210 Å². The van der Waals surface area contributed by atoms with E-state index in [1.54, 1.807) is 39.9 Å². The molecule has 0 fully saturated rings. The van der Waals surface area contributed by atoms with E-state index in [9.17, 15) is 14.0 Å². The number of nitrogens with zero attached hydrogens (tertiary/aromatic N) is 3. The fourth-order valence-electron chi connectivity index (χ4n) is 3.89. The maximum absolute atomic E-state index is 13.5. The standard InChI is InChI=1S/C29H29FN4O2/c1-20(2)17-33(28(36)23-11-9-21(3)10-12-23)19-27(35)32-29-31-26(22-7-5-4-6-8-22)18-34(29)25-15-13-24(30)14-16-25/h4-16,18,20H,17,19H2,1-3H3,(H,31,32,35). The minimum atomic E-state index is -0.371. The number of amides is 2. The SMILES string of the molecule is Cc1ccc(C(=O)N(CC(=O)Nc2nc(-c3ccccc3)cn2-c2ccc(F)cc2)CC(C)C)cc1. The molecule has 3 aromatic carbocycles. The Kier molecular flexibility index (Phi) is 7.59. The van der Waals surface area contributed by atoms with Gasteiger partial charge in [0.05, 0.1) is 5.69 Å². The first kappa shape index (κ1) is 24.9. The number of imidazole rings is 1. The van der Waals surface area contributed by atoms with Crippen LogP contribution in [-0.4, -0.2) is 39.4 Å². The Balaban J connectivity index is 1.60. The summed E-state index contributed by atoms with van der Waals surface area (Å²) >= 11 is 0. The van der Waals surface area contributed by atoms with E-state index in [4.69, 9.17) is 0 Å². The number of carbonyl (C=O) groups excluding carboxylic acids is 2. The molecule has 0 aliphatic heterocycles. The molecule has 1 aromatic heterocycles. The van der Waals surface area contributed by atoms with Gasteiger partial charge in [0.2, 0.25) is 11.9 Å². The monoisotopic (exact) mass is 484 g/mol. The average Bonchev–Trinajstić information content (AvgIpc) is 3.28. The fourth-order valence-corrected chi connectivity index (χ4v) is 3.89. The van der Waals surface area contributed by atoms with Crippen molar-refractivity contribution >= 4 is 17.8 Å². The quantitative estimate of drug-likeness (QED) is 0.348. The van der Waals surface area contributed by atoms with Crippen molar-refractivity contribution in [2.45, 2.75) is 20.8 Å². The molecule has 0 atom stereocenters. The number of carbonyl (C=O) groups is 2. The lowest BCUT2D eigenvalue weighted by Crippen LogP contribution is -2.40. The first-order valence-electron chi connectivity index (χ1n) is 11.9. The molecule has 0 radical (unpaired) electrons. The van der Waals surface area contributed by atoms with E-state index in [1.807, 2.05) is 63.2 Å². The summed E-state index contributed by atoms with van der Waals surface area (Å²) in [6, 6.07) is 22.8. The molecule has 0 saturated heterocycles. The zero-order chi connectivity index (χ0) is 25.7. The molecular formula is C29H29FN4O2. The van der Waals surface area contributed by atoms with Gasteiger partial charge >= 0.3 is 0 Å². The van der Waals surface area contributed by atoms with E-state index in [2.05, 4.69) is 10.3 Å². The van der Waals surface area contributed by atoms with Gasteiger partial charge < -0.3 is 4.90 Å². The van der Waals surface area contributed by atoms with Gasteiger partial charge in [0.15, 0.2) is 0 Å². The Morgan fingerprint density at radius 3 is 2.28 bits per heavy atom. The number of benzene rings is 3. The number of halogens is 1. The lowest BCUT2D eigenvalue weighted by atomic mass is 10.1. The molecule has 184 valence electrons. The normalized spacial score (nSPS) is 10.9. The number of nitrogens with one attached hydrogen (secondary N) is 1. The van der Waals surface area contributed by atoms with E-state index in [-0.39, 0.29) is 36.0 Å². The van der Waals surface area contributed by atoms with Crippen molar-refractivity contribution in [3.8, 4) is 16.9 Å². The summed E-state index contributed by atoms with van der Waals surface area (Å²) in [6.07, 6.45) is 1.79. The van der Waals surface area contributed by atoms with Gasteiger partial charge in [0, 0.05) is 29.6 Å². The highest BCUT2D eigenvalue weighted by Crippen LogP contribution is 2.24. The first-order valence-corrected chi connectivity index (χ1v) is 11.9. The molecular weight excluding hydrogens is 455 g/mol. The summed E-state index contributed by atoms with van der Waals surface area (Å²) in [4.78, 5) is 32.5. The van der Waals surface area contributed by atoms with Gasteiger partial charge in [-0.1, -0.05) is 61.9 Å². The van der Waals surface area contributed by atoms with Crippen LogP contribution in [0.15, 0.2) is 85.1 Å². The maximum Gasteiger partial charge on any atom is 0.254 e. The smallest absolute Gasteiger partial charge is 0.254 e. The molecule has 2 amide bonds. The molecule has 0 saturated carbocycles. The molecule has 4 rings (SSSR count). The van der Waals surface area contributed by atoms with Crippen molar-refractivity contribution < 1.29 is 14.0 Å². The van der Waals surface area contributed by atoms with Crippen LogP contribution in [0.4, 0.5) is 10.3 Å². The third-order valence-corrected chi connectivity index (χ3v) is 5.64. The van der Waals surface area contributed by atoms with E-state index >= 15 is 0 Å². The van der Waals surface area contributed by atoms with Crippen molar-refractivity contribution in [2.75, 3.05) is 18.4 Å². The number of anilines is 1. The molecule has 0 aliphatic carbocycles. The highest BCUT2D eigenvalue weighted by molar-refractivity contribution is 5.99. The van der Waals surface area contributed by atoms with E-state index in [0.29, 0.717) is 23.5 Å². The van der Waals surface area contributed by atoms with Gasteiger partial charge in [-0.25, -0.2) is 9.37 Å². The Bertz CT molecular complexity index is 1330. The van der Waals surface area contributed by atoms with Gasteiger partial charge in [-0.05, 0) is 49.2 Å². The number of rotatable bonds is 8. The summed E-state index contributed by atoms with van der Waals surface area (Å²) < 4.78 is 15.2. The van der Waals surface area contributed by atoms with Gasteiger partial charge in [-0.3, -0.25) is 19.5 Å². The maximum atomic E-state index is 13.5. The predicted octanol–water partition coefficient (Wildman–Crippen LogP) is 5.72. The average molecular weight is 485 g/mol. The zero-order valence-electron chi connectivity index (χ0n) is 20.6. The van der Waals surface area contributed by atoms with Crippen LogP contribution >= 0.6 is 0 Å². The third kappa shape index (κ3) is 6.05. The van der Waals surface area contributed by atoms with Crippen LogP contribution in [0.5, 0.6) is 0 Å². The van der Waals surface area contributed by atoms with Crippen LogP contribution in [0.1, 0.15) is 29.8 Å². The van der Waals surface area contributed by atoms with Crippen molar-refractivity contribution in [3.05, 3.63) is 102 Å². The highest BCUT2D eigenvalue weighted by Gasteiger charge is 2.21. The summed E-state index contributed by atoms with van der Waals surface area (Å²) in [5.41, 5.74) is 3.78. The lowest BCUT2D eigenvalue weighted by Gasteiger charge is -2.24. The van der Waals surface area contributed by atoms with Crippen molar-refractivity contribution in [2.24, 2.45) is 5.92 Å². The zero-order valence-corrected chi connectivity index (χ0v) is 20.6. The van der Waals surface area contributed by atoms with Crippen LogP contribution < -0.4 is 5.32 Å². The molecule has 1 heterocycles. The van der Waals surface area contributed by atoms with Gasteiger partial charge in [0.25, 0.3) is 5.91 Å². The molecule has 1 N–H and O–H groups in total. The minimum Gasteiger partial charge on any atom is -0.329 e. The van der Waals surface area contributed by atoms with Crippen molar-refractivity contribution in [1.82, 2.24) is 14.5 Å². The lowest BCUT2D eigenvalue weighted by molar-refractivity contribution is -0.117. The molecule has 0 spiro atoms. The molecule has 4 aromatic rings. The largest absolute Gasteiger partial charge is 0.329 e. The third-order valence-electron chi connectivity index (χ3n) is 5.64. The predicted molar refractivity (Wildman–Crippen MR) is 140 cm³/mol. The molecule has 0 unspecified atom stereocenters. The van der Waals surface area contributed by atoms with Crippen LogP contribution in [0.2, 0.25) is 0 Å². The number of hydrogen-bond acceptors (Lipinski definition) is 3. The minimum absolute atomic E-state index is 0.123. The number of hydrogen-bond donors (Lipinski definition) is 1. The summed E-state index contributed by atoms with van der Waals surface area (Å²) in [7, 11) is 0. The van der Waals surface area contributed by atoms with Gasteiger partial charge in [-0.2, -0.15) is 0 Å². The summed E-state index contributed by atoms with van der Waals surface area (Å²) in [5.74, 6) is -0.460. The summed E-state index contributed by atoms with van der Waals surface area (Å²) in [5, 5.41) is 2.86. The van der Waals surface area contributed by atoms with Crippen molar-refractivity contribution in [1.29, 1.82) is 0 Å². The number of aryl methyl sites for hydroxylation is 1. The molecule has 0 bridgehead atoms. The van der Waals surface area contributed by atoms with E-state index in [0.717, 1.165) is 11.1 Å². The molecule has 6 nitrogen and oxygen atoms in total. The summed E-state index contributed by atoms with van der Waals surface area (Å²) in [6.45, 7) is 6.27. The Morgan fingerprint density at radius 1 is 0.972 bits per heavy atom. The van der Waals surface area contributed by atoms with Crippen LogP contribution in [0, 0.1) is 18.7 Å². The van der Waals surface area contributed by atoms with Crippen LogP contribution in [0.25, 0.3) is 16.9 Å². The highest BCUT2D eigenvalue weighted by atomic mass is 19.1. The Hall–Kier alpha value is -4.26. The fraction of sp³-hybridized carbons (Fsp3) is 0.207. The second-order valence-electron chi connectivity index (χ2n) is 9.16. The topological polar surface area (TPSA) is 67.2 Å². The molecule has 36 heavy (non-hydrogen) atoms. The molecule has 7 heteroatoms. The molecule has 0 aliphatic rings. The Morgan fingerprint density at radius 2 is 1.64 bits per heavy atom. The van der Waals surface area contributed by atoms with Crippen molar-refractivity contribution in [3.63, 3.8) is 0 Å². The van der Waals surface area contributed by atoms with E-state index < -0.39 is 0 Å². The number of aromatic nitrogens is 2. The van der Waals surface area contributed by atoms with Gasteiger partial charge in [0.1, 0.15) is 12.4 Å². The van der Waals surface area contributed by atoms with E-state index in [1.165, 1.54) is 12.1 Å². The van der Waals surface area contributed by atoms with Crippen LogP contribution in [0.3, 0.4) is 0 Å². The first-order chi connectivity index (χ1) is 17.3. The second kappa shape index (κ2) is 11.0. The van der Waals surface area contributed by atoms with Crippen LogP contribution in [-0.2, 0) is 4.79 Å².